The molecule has 6 heteroatoms. The van der Waals surface area contributed by atoms with Gasteiger partial charge in [-0.2, -0.15) is 0 Å². The minimum absolute atomic E-state index is 0.0614. The third-order valence-corrected chi connectivity index (χ3v) is 6.49. The Morgan fingerprint density at radius 2 is 1.77 bits per heavy atom. The summed E-state index contributed by atoms with van der Waals surface area (Å²) in [5, 5.41) is 13.8. The molecule has 0 aliphatic carbocycles. The van der Waals surface area contributed by atoms with E-state index in [4.69, 9.17) is 0 Å². The van der Waals surface area contributed by atoms with Crippen molar-refractivity contribution in [2.75, 3.05) is 12.3 Å². The van der Waals surface area contributed by atoms with Crippen molar-refractivity contribution in [1.82, 2.24) is 15.1 Å². The zero-order chi connectivity index (χ0) is 20.8. The SMILES string of the molecule is C=CCN(Cc1cccs1)C(=O)CSc1nnc(-c2ccccc2)c2ccccc12. The van der Waals surface area contributed by atoms with Crippen molar-refractivity contribution in [3.63, 3.8) is 0 Å². The van der Waals surface area contributed by atoms with E-state index in [1.54, 1.807) is 17.4 Å². The number of hydrogen-bond acceptors (Lipinski definition) is 5. The minimum Gasteiger partial charge on any atom is -0.333 e. The molecule has 0 aliphatic heterocycles. The second-order valence-electron chi connectivity index (χ2n) is 6.70. The van der Waals surface area contributed by atoms with Crippen LogP contribution in [0.25, 0.3) is 22.0 Å². The minimum atomic E-state index is 0.0614. The average Bonchev–Trinajstić information content (AvgIpc) is 3.31. The molecule has 1 amide bonds. The lowest BCUT2D eigenvalue weighted by Crippen LogP contribution is -2.31. The van der Waals surface area contributed by atoms with Gasteiger partial charge in [-0.1, -0.05) is 78.5 Å². The van der Waals surface area contributed by atoms with Crippen LogP contribution in [0.5, 0.6) is 0 Å². The van der Waals surface area contributed by atoms with Gasteiger partial charge in [0.05, 0.1) is 12.3 Å². The Kier molecular flexibility index (Phi) is 6.57. The molecule has 4 nitrogen and oxygen atoms in total. The number of carbonyl (C=O) groups excluding carboxylic acids is 1. The maximum atomic E-state index is 12.9. The summed E-state index contributed by atoms with van der Waals surface area (Å²) in [6.45, 7) is 4.91. The largest absolute Gasteiger partial charge is 0.333 e. The first-order valence-electron chi connectivity index (χ1n) is 9.61. The van der Waals surface area contributed by atoms with Crippen LogP contribution in [0.1, 0.15) is 4.88 Å². The Hall–Kier alpha value is -2.96. The van der Waals surface area contributed by atoms with Crippen molar-refractivity contribution in [3.05, 3.63) is 89.6 Å². The molecule has 2 heterocycles. The van der Waals surface area contributed by atoms with Crippen molar-refractivity contribution >= 4 is 39.8 Å². The average molecular weight is 432 g/mol. The van der Waals surface area contributed by atoms with Crippen molar-refractivity contribution in [2.24, 2.45) is 0 Å². The number of aromatic nitrogens is 2. The number of fused-ring (bicyclic) bond motifs is 1. The van der Waals surface area contributed by atoms with Crippen LogP contribution in [0.4, 0.5) is 0 Å². The lowest BCUT2D eigenvalue weighted by molar-refractivity contribution is -0.128. The van der Waals surface area contributed by atoms with Gasteiger partial charge in [0.2, 0.25) is 5.91 Å². The summed E-state index contributed by atoms with van der Waals surface area (Å²) in [6.07, 6.45) is 1.76. The molecule has 0 bridgehead atoms. The molecule has 4 rings (SSSR count). The predicted octanol–water partition coefficient (Wildman–Crippen LogP) is 5.67. The monoisotopic (exact) mass is 431 g/mol. The van der Waals surface area contributed by atoms with Gasteiger partial charge in [-0.3, -0.25) is 4.79 Å². The highest BCUT2D eigenvalue weighted by Crippen LogP contribution is 2.31. The summed E-state index contributed by atoms with van der Waals surface area (Å²) in [7, 11) is 0. The topological polar surface area (TPSA) is 46.1 Å². The molecular formula is C24H21N3OS2. The van der Waals surface area contributed by atoms with Crippen LogP contribution in [-0.4, -0.2) is 33.3 Å². The van der Waals surface area contributed by atoms with E-state index in [0.717, 1.165) is 31.9 Å². The Morgan fingerprint density at radius 3 is 2.50 bits per heavy atom. The summed E-state index contributed by atoms with van der Waals surface area (Å²) >= 11 is 3.09. The molecular weight excluding hydrogens is 410 g/mol. The second kappa shape index (κ2) is 9.69. The third kappa shape index (κ3) is 4.61. The Balaban J connectivity index is 1.55. The molecule has 0 aliphatic rings. The van der Waals surface area contributed by atoms with E-state index in [-0.39, 0.29) is 5.91 Å². The summed E-state index contributed by atoms with van der Waals surface area (Å²) in [5.74, 6) is 0.370. The fourth-order valence-electron chi connectivity index (χ4n) is 3.22. The van der Waals surface area contributed by atoms with Gasteiger partial charge in [0.25, 0.3) is 0 Å². The van der Waals surface area contributed by atoms with Crippen molar-refractivity contribution in [3.8, 4) is 11.3 Å². The van der Waals surface area contributed by atoms with Crippen LogP contribution >= 0.6 is 23.1 Å². The first-order chi connectivity index (χ1) is 14.8. The number of thiophene rings is 1. The zero-order valence-corrected chi connectivity index (χ0v) is 18.0. The third-order valence-electron chi connectivity index (χ3n) is 4.66. The van der Waals surface area contributed by atoms with Gasteiger partial charge in [0.1, 0.15) is 10.7 Å². The summed E-state index contributed by atoms with van der Waals surface area (Å²) < 4.78 is 0. The highest BCUT2D eigenvalue weighted by molar-refractivity contribution is 8.00. The van der Waals surface area contributed by atoms with E-state index in [1.165, 1.54) is 11.8 Å². The molecule has 150 valence electrons. The first kappa shape index (κ1) is 20.3. The van der Waals surface area contributed by atoms with Crippen LogP contribution in [0, 0.1) is 0 Å². The van der Waals surface area contributed by atoms with E-state index in [1.807, 2.05) is 70.9 Å². The maximum absolute atomic E-state index is 12.9. The van der Waals surface area contributed by atoms with Crippen LogP contribution in [-0.2, 0) is 11.3 Å². The molecule has 0 unspecified atom stereocenters. The normalized spacial score (nSPS) is 10.8. The number of hydrogen-bond donors (Lipinski definition) is 0. The van der Waals surface area contributed by atoms with Gasteiger partial charge in [-0.15, -0.1) is 28.1 Å². The zero-order valence-electron chi connectivity index (χ0n) is 16.4. The number of nitrogens with zero attached hydrogens (tertiary/aromatic N) is 3. The van der Waals surface area contributed by atoms with Crippen LogP contribution in [0.2, 0.25) is 0 Å². The lowest BCUT2D eigenvalue weighted by Gasteiger charge is -2.20. The molecule has 0 N–H and O–H groups in total. The van der Waals surface area contributed by atoms with Crippen LogP contribution < -0.4 is 0 Å². The van der Waals surface area contributed by atoms with E-state index in [2.05, 4.69) is 22.8 Å². The maximum Gasteiger partial charge on any atom is 0.233 e. The van der Waals surface area contributed by atoms with Gasteiger partial charge in [0.15, 0.2) is 0 Å². The summed E-state index contributed by atoms with van der Waals surface area (Å²) in [4.78, 5) is 15.9. The van der Waals surface area contributed by atoms with Crippen molar-refractivity contribution in [1.29, 1.82) is 0 Å². The molecule has 30 heavy (non-hydrogen) atoms. The molecule has 0 fully saturated rings. The van der Waals surface area contributed by atoms with Crippen LogP contribution in [0.15, 0.2) is 89.8 Å². The van der Waals surface area contributed by atoms with Crippen molar-refractivity contribution < 1.29 is 4.79 Å². The Labute approximate surface area is 184 Å². The molecule has 4 aromatic rings. The molecule has 0 saturated heterocycles. The molecule has 0 spiro atoms. The summed E-state index contributed by atoms with van der Waals surface area (Å²) in [6, 6.07) is 22.2. The molecule has 0 radical (unpaired) electrons. The van der Waals surface area contributed by atoms with E-state index in [0.29, 0.717) is 18.8 Å². The standard InChI is InChI=1S/C24H21N3OS2/c1-2-14-27(16-19-11-8-15-29-19)22(28)17-30-24-21-13-7-6-12-20(21)23(25-26-24)18-9-4-3-5-10-18/h2-13,15H,1,14,16-17H2. The Morgan fingerprint density at radius 1 is 1.00 bits per heavy atom. The summed E-state index contributed by atoms with van der Waals surface area (Å²) in [5.41, 5.74) is 1.88. The van der Waals surface area contributed by atoms with Gasteiger partial charge in [0, 0.05) is 27.8 Å². The number of carbonyl (C=O) groups is 1. The molecule has 0 saturated carbocycles. The molecule has 2 aromatic heterocycles. The number of thioether (sulfide) groups is 1. The highest BCUT2D eigenvalue weighted by atomic mass is 32.2. The van der Waals surface area contributed by atoms with Crippen LogP contribution in [0.3, 0.4) is 0 Å². The van der Waals surface area contributed by atoms with E-state index >= 15 is 0 Å². The fraction of sp³-hybridized carbons (Fsp3) is 0.125. The molecule has 2 aromatic carbocycles. The first-order valence-corrected chi connectivity index (χ1v) is 11.5. The van der Waals surface area contributed by atoms with Gasteiger partial charge >= 0.3 is 0 Å². The smallest absolute Gasteiger partial charge is 0.233 e. The predicted molar refractivity (Wildman–Crippen MR) is 126 cm³/mol. The number of amides is 1. The highest BCUT2D eigenvalue weighted by Gasteiger charge is 2.16. The van der Waals surface area contributed by atoms with E-state index < -0.39 is 0 Å². The molecule has 0 atom stereocenters. The fourth-order valence-corrected chi connectivity index (χ4v) is 4.81. The quantitative estimate of drug-likeness (QED) is 0.267. The number of rotatable bonds is 8. The lowest BCUT2D eigenvalue weighted by atomic mass is 10.1. The van der Waals surface area contributed by atoms with Gasteiger partial charge in [-0.05, 0) is 11.4 Å². The van der Waals surface area contributed by atoms with Gasteiger partial charge < -0.3 is 4.90 Å². The Bertz CT molecular complexity index is 1140. The van der Waals surface area contributed by atoms with Crippen molar-refractivity contribution in [2.45, 2.75) is 11.6 Å². The van der Waals surface area contributed by atoms with Gasteiger partial charge in [-0.25, -0.2) is 0 Å². The second-order valence-corrected chi connectivity index (χ2v) is 8.69. The number of benzene rings is 2. The van der Waals surface area contributed by atoms with E-state index in [9.17, 15) is 4.79 Å².